The van der Waals surface area contributed by atoms with Gasteiger partial charge in [-0.1, -0.05) is 66.7 Å². The maximum Gasteiger partial charge on any atom is 0.244 e. The minimum absolute atomic E-state index is 0. The maximum atomic E-state index is 5.71. The molecule has 26 heavy (non-hydrogen) atoms. The molecule has 0 spiro atoms. The molecule has 0 N–H and O–H groups in total. The van der Waals surface area contributed by atoms with Gasteiger partial charge in [-0.15, -0.1) is 0 Å². The molecule has 0 saturated carbocycles. The first-order valence-electron chi connectivity index (χ1n) is 8.47. The number of nitrogens with zero attached hydrogens (tertiary/aromatic N) is 2. The van der Waals surface area contributed by atoms with Gasteiger partial charge >= 0.3 is 0 Å². The number of halogens is 1. The van der Waals surface area contributed by atoms with Crippen molar-refractivity contribution in [3.05, 3.63) is 96.6 Å². The van der Waals surface area contributed by atoms with E-state index in [1.165, 1.54) is 16.5 Å². The van der Waals surface area contributed by atoms with Crippen LogP contribution in [0.5, 0.6) is 5.75 Å². The van der Waals surface area contributed by atoms with Crippen LogP contribution in [0.15, 0.2) is 85.5 Å². The fraction of sp³-hybridized carbons (Fsp3) is 0.136. The lowest BCUT2D eigenvalue weighted by molar-refractivity contribution is -0.687. The van der Waals surface area contributed by atoms with Gasteiger partial charge in [0.1, 0.15) is 31.2 Å². The van der Waals surface area contributed by atoms with Crippen molar-refractivity contribution < 1.29 is 26.3 Å². The molecule has 4 heteroatoms. The van der Waals surface area contributed by atoms with Crippen LogP contribution in [0.25, 0.3) is 10.8 Å². The van der Waals surface area contributed by atoms with Crippen LogP contribution >= 0.6 is 0 Å². The van der Waals surface area contributed by atoms with Crippen molar-refractivity contribution in [1.82, 2.24) is 4.57 Å². The summed E-state index contributed by atoms with van der Waals surface area (Å²) in [6.07, 6.45) is 6.36. The SMILES string of the molecule is COc1c(Cn2cc[n+](Cc3ccccc3)c2)ccc2ccccc12.[Br-]. The van der Waals surface area contributed by atoms with Gasteiger partial charge < -0.3 is 21.7 Å². The maximum absolute atomic E-state index is 5.71. The summed E-state index contributed by atoms with van der Waals surface area (Å²) in [5, 5.41) is 2.36. The summed E-state index contributed by atoms with van der Waals surface area (Å²) < 4.78 is 10.1. The van der Waals surface area contributed by atoms with Crippen LogP contribution in [-0.2, 0) is 13.1 Å². The number of rotatable bonds is 5. The molecule has 0 bridgehead atoms. The van der Waals surface area contributed by atoms with Crippen molar-refractivity contribution in [1.29, 1.82) is 0 Å². The zero-order valence-corrected chi connectivity index (χ0v) is 16.3. The Bertz CT molecular complexity index is 995. The summed E-state index contributed by atoms with van der Waals surface area (Å²) in [4.78, 5) is 0. The lowest BCUT2D eigenvalue weighted by Gasteiger charge is -2.10. The molecule has 0 aliphatic heterocycles. The lowest BCUT2D eigenvalue weighted by atomic mass is 10.1. The third-order valence-corrected chi connectivity index (χ3v) is 4.47. The predicted octanol–water partition coefficient (Wildman–Crippen LogP) is 1.04. The molecule has 0 fully saturated rings. The van der Waals surface area contributed by atoms with Crippen molar-refractivity contribution in [3.8, 4) is 5.75 Å². The number of aromatic nitrogens is 2. The van der Waals surface area contributed by atoms with Crippen molar-refractivity contribution in [2.24, 2.45) is 0 Å². The third-order valence-electron chi connectivity index (χ3n) is 4.47. The van der Waals surface area contributed by atoms with Crippen LogP contribution in [0.3, 0.4) is 0 Å². The van der Waals surface area contributed by atoms with Crippen LogP contribution in [0.4, 0.5) is 0 Å². The minimum atomic E-state index is 0. The molecule has 1 aromatic heterocycles. The normalized spacial score (nSPS) is 10.5. The van der Waals surface area contributed by atoms with Crippen molar-refractivity contribution in [2.45, 2.75) is 13.1 Å². The summed E-state index contributed by atoms with van der Waals surface area (Å²) in [6, 6.07) is 23.2. The highest BCUT2D eigenvalue weighted by molar-refractivity contribution is 5.89. The Morgan fingerprint density at radius 2 is 1.69 bits per heavy atom. The van der Waals surface area contributed by atoms with E-state index in [0.717, 1.165) is 24.2 Å². The molecular formula is C22H21BrN2O. The van der Waals surface area contributed by atoms with Crippen molar-refractivity contribution >= 4 is 10.8 Å². The summed E-state index contributed by atoms with van der Waals surface area (Å²) in [5.41, 5.74) is 2.48. The number of hydrogen-bond donors (Lipinski definition) is 0. The van der Waals surface area contributed by atoms with E-state index in [4.69, 9.17) is 4.74 Å². The number of methoxy groups -OCH3 is 1. The molecule has 4 aromatic rings. The quantitative estimate of drug-likeness (QED) is 0.451. The van der Waals surface area contributed by atoms with Gasteiger partial charge in [0, 0.05) is 10.9 Å². The first kappa shape index (κ1) is 18.2. The zero-order valence-electron chi connectivity index (χ0n) is 14.7. The monoisotopic (exact) mass is 408 g/mol. The highest BCUT2D eigenvalue weighted by atomic mass is 79.9. The molecule has 0 saturated heterocycles. The van der Waals surface area contributed by atoms with Crippen molar-refractivity contribution in [3.63, 3.8) is 0 Å². The zero-order chi connectivity index (χ0) is 17.1. The first-order valence-corrected chi connectivity index (χ1v) is 8.47. The Kier molecular flexibility index (Phi) is 5.74. The second-order valence-electron chi connectivity index (χ2n) is 6.22. The molecule has 0 amide bonds. The predicted molar refractivity (Wildman–Crippen MR) is 99.8 cm³/mol. The Hall–Kier alpha value is -2.59. The van der Waals surface area contributed by atoms with Crippen molar-refractivity contribution in [2.75, 3.05) is 7.11 Å². The molecular weight excluding hydrogens is 388 g/mol. The smallest absolute Gasteiger partial charge is 0.244 e. The Labute approximate surface area is 164 Å². The molecule has 0 radical (unpaired) electrons. The third kappa shape index (κ3) is 3.81. The summed E-state index contributed by atoms with van der Waals surface area (Å²) in [7, 11) is 1.75. The van der Waals surface area contributed by atoms with Crippen LogP contribution in [0.1, 0.15) is 11.1 Å². The van der Waals surface area contributed by atoms with Crippen LogP contribution in [-0.4, -0.2) is 11.7 Å². The van der Waals surface area contributed by atoms with E-state index in [-0.39, 0.29) is 17.0 Å². The highest BCUT2D eigenvalue weighted by Crippen LogP contribution is 2.30. The number of benzene rings is 3. The molecule has 4 rings (SSSR count). The summed E-state index contributed by atoms with van der Waals surface area (Å²) in [5.74, 6) is 0.960. The van der Waals surface area contributed by atoms with Crippen LogP contribution < -0.4 is 26.3 Å². The van der Waals surface area contributed by atoms with Gasteiger partial charge in [-0.3, -0.25) is 0 Å². The highest BCUT2D eigenvalue weighted by Gasteiger charge is 2.12. The Balaban J connectivity index is 0.00000196. The van der Waals surface area contributed by atoms with Gasteiger partial charge in [0.2, 0.25) is 6.33 Å². The van der Waals surface area contributed by atoms with E-state index in [1.54, 1.807) is 7.11 Å². The number of imidazole rings is 1. The molecule has 0 atom stereocenters. The van der Waals surface area contributed by atoms with E-state index in [2.05, 4.69) is 88.5 Å². The van der Waals surface area contributed by atoms with Crippen LogP contribution in [0, 0.1) is 0 Å². The summed E-state index contributed by atoms with van der Waals surface area (Å²) >= 11 is 0. The molecule has 0 aliphatic rings. The average molecular weight is 409 g/mol. The van der Waals surface area contributed by atoms with Gasteiger partial charge in [-0.2, -0.15) is 0 Å². The first-order chi connectivity index (χ1) is 12.3. The molecule has 1 heterocycles. The summed E-state index contributed by atoms with van der Waals surface area (Å²) in [6.45, 7) is 1.67. The van der Waals surface area contributed by atoms with E-state index in [1.807, 2.05) is 6.07 Å². The number of ether oxygens (including phenoxy) is 1. The van der Waals surface area contributed by atoms with E-state index in [0.29, 0.717) is 0 Å². The standard InChI is InChI=1S/C22H21N2O.BrH/c1-25-22-20(12-11-19-9-5-6-10-21(19)22)16-24-14-13-23(17-24)15-18-7-3-2-4-8-18;/h2-14,17H,15-16H2,1H3;1H/q+1;/p-1. The largest absolute Gasteiger partial charge is 1.00 e. The second kappa shape index (κ2) is 8.19. The molecule has 3 nitrogen and oxygen atoms in total. The van der Waals surface area contributed by atoms with Gasteiger partial charge in [-0.05, 0) is 10.9 Å². The molecule has 3 aromatic carbocycles. The topological polar surface area (TPSA) is 18.0 Å². The Morgan fingerprint density at radius 3 is 2.50 bits per heavy atom. The van der Waals surface area contributed by atoms with E-state index in [9.17, 15) is 0 Å². The number of fused-ring (bicyclic) bond motifs is 1. The van der Waals surface area contributed by atoms with E-state index < -0.39 is 0 Å². The molecule has 0 unspecified atom stereocenters. The minimum Gasteiger partial charge on any atom is -1.00 e. The van der Waals surface area contributed by atoms with Gasteiger partial charge in [0.25, 0.3) is 0 Å². The van der Waals surface area contributed by atoms with Gasteiger partial charge in [0.05, 0.1) is 7.11 Å². The van der Waals surface area contributed by atoms with E-state index >= 15 is 0 Å². The number of hydrogen-bond acceptors (Lipinski definition) is 1. The lowest BCUT2D eigenvalue weighted by Crippen LogP contribution is -3.00. The van der Waals surface area contributed by atoms with Gasteiger partial charge in [0.15, 0.2) is 0 Å². The second-order valence-corrected chi connectivity index (χ2v) is 6.22. The fourth-order valence-corrected chi connectivity index (χ4v) is 3.27. The Morgan fingerprint density at radius 1 is 0.923 bits per heavy atom. The molecule has 0 aliphatic carbocycles. The van der Waals surface area contributed by atoms with Crippen LogP contribution in [0.2, 0.25) is 0 Å². The van der Waals surface area contributed by atoms with Gasteiger partial charge in [-0.25, -0.2) is 9.13 Å². The fourth-order valence-electron chi connectivity index (χ4n) is 3.27. The average Bonchev–Trinajstić information content (AvgIpc) is 3.09. The molecule has 132 valence electrons.